The minimum Gasteiger partial charge on any atom is -0.480 e. The van der Waals surface area contributed by atoms with Gasteiger partial charge in [0.1, 0.15) is 67.0 Å². The Morgan fingerprint density at radius 3 is 1.40 bits per heavy atom. The molecule has 0 aliphatic carbocycles. The Morgan fingerprint density at radius 2 is 0.944 bits per heavy atom. The van der Waals surface area contributed by atoms with Crippen LogP contribution in [0.5, 0.6) is 0 Å². The van der Waals surface area contributed by atoms with E-state index in [1.165, 1.54) is 94.6 Å². The number of aliphatic imine (C=N–C) groups is 1. The number of hydrogen-bond acceptors (Lipinski definition) is 15. The molecule has 0 aromatic rings. The summed E-state index contributed by atoms with van der Waals surface area (Å²) in [6.07, 6.45) is -1.53. The number of rotatable bonds is 16. The van der Waals surface area contributed by atoms with E-state index < -0.39 is 168 Å². The molecular weight excluding hydrogens is 1160 g/mol. The van der Waals surface area contributed by atoms with Crippen LogP contribution in [0.1, 0.15) is 149 Å². The van der Waals surface area contributed by atoms with Crippen molar-refractivity contribution >= 4 is 76.8 Å². The van der Waals surface area contributed by atoms with E-state index in [4.69, 9.17) is 4.74 Å². The van der Waals surface area contributed by atoms with Gasteiger partial charge in [0, 0.05) is 55.8 Å². The van der Waals surface area contributed by atoms with E-state index in [0.29, 0.717) is 0 Å². The normalized spacial score (nSPS) is 27.5. The molecule has 1 fully saturated rings. The molecule has 0 saturated carbocycles. The lowest BCUT2D eigenvalue weighted by atomic mass is 9.91. The molecular formula is C63H110N12O15. The highest BCUT2D eigenvalue weighted by molar-refractivity contribution is 6.00. The minimum atomic E-state index is -1.81. The predicted molar refractivity (Wildman–Crippen MR) is 338 cm³/mol. The van der Waals surface area contributed by atoms with Gasteiger partial charge in [-0.1, -0.05) is 96.9 Å². The standard InChI is InChI=1S/C63H110N12O15/c1-24-41-58(83)69(17)30-48(76)70(18)43(25-32(2)3)55(80)68-49(36(10)11)61(86)71(19)44(26-33(4)5)54(79)64-39(15)53(78)65-40(16)57(82)72(20)45(27-34(6)7)59(84)73(21)46(28-35(8)9)60(85)74(22)50(37(12)13)62(87)75(23)51(56(81)67-41)52(77)38(14)29-47-66-42(31-90-47)63(88)89/h32-46,49-52,77H,24-31H2,1-23H3,(H,64,79)(H,65,78)(H,67,81)(H,68,80)(H,88,89)/t38-,39+,40-,41+,42?,43+,44+,45+,46+,49+,50+,51+,52-/m1/s1. The fourth-order valence-electron chi connectivity index (χ4n) is 11.2. The van der Waals surface area contributed by atoms with Crippen LogP contribution >= 0.6 is 0 Å². The molecule has 0 spiro atoms. The van der Waals surface area contributed by atoms with E-state index in [-0.39, 0.29) is 74.7 Å². The largest absolute Gasteiger partial charge is 0.480 e. The summed E-state index contributed by atoms with van der Waals surface area (Å²) in [5.74, 6) is -12.2. The highest BCUT2D eigenvalue weighted by Crippen LogP contribution is 2.26. The van der Waals surface area contributed by atoms with Crippen molar-refractivity contribution < 1.29 is 72.5 Å². The molecule has 11 amide bonds. The Bertz CT molecular complexity index is 2580. The molecule has 90 heavy (non-hydrogen) atoms. The topological polar surface area (TPSA) is 338 Å². The van der Waals surface area contributed by atoms with Crippen molar-refractivity contribution in [1.82, 2.24) is 55.6 Å². The first-order valence-electron chi connectivity index (χ1n) is 31.7. The number of aliphatic carboxylic acids is 1. The highest BCUT2D eigenvalue weighted by Gasteiger charge is 2.46. The van der Waals surface area contributed by atoms with Crippen LogP contribution in [-0.4, -0.2) is 256 Å². The van der Waals surface area contributed by atoms with Crippen molar-refractivity contribution in [1.29, 1.82) is 0 Å². The smallest absolute Gasteiger partial charge is 0.332 e. The summed E-state index contributed by atoms with van der Waals surface area (Å²) in [5.41, 5.74) is 0. The Kier molecular flexibility index (Phi) is 30.8. The molecule has 27 nitrogen and oxygen atoms in total. The Hall–Kier alpha value is -6.93. The number of nitrogens with zero attached hydrogens (tertiary/aromatic N) is 8. The van der Waals surface area contributed by atoms with Gasteiger partial charge in [-0.25, -0.2) is 9.79 Å². The van der Waals surface area contributed by atoms with Crippen LogP contribution in [0.2, 0.25) is 0 Å². The number of amides is 11. The lowest BCUT2D eigenvalue weighted by Crippen LogP contribution is -2.63. The SMILES string of the molecule is CC[C@@H]1NC(=O)[C@H]([C@H](O)[C@H](C)CC2=NC(C(=O)O)CO2)N(C)C(=O)[C@H](C(C)C)N(C)C(=O)[C@H](CC(C)C)N(C)C(=O)[C@H](CC(C)C)N(C)C(=O)[C@@H](C)NC(=O)[C@H](C)NC(=O)[C@H](CC(C)C)N(C)C(=O)[C@H](C(C)C)NC(=O)[C@H](CC(C)C)N(C)C(=O)CN(C)C1=O. The van der Waals surface area contributed by atoms with Gasteiger partial charge in [0.05, 0.1) is 12.6 Å². The van der Waals surface area contributed by atoms with Gasteiger partial charge in [0.2, 0.25) is 65.0 Å². The third kappa shape index (κ3) is 21.3. The van der Waals surface area contributed by atoms with Crippen molar-refractivity contribution in [3.8, 4) is 0 Å². The first kappa shape index (κ1) is 79.2. The van der Waals surface area contributed by atoms with Gasteiger partial charge in [0.15, 0.2) is 11.9 Å². The molecule has 2 rings (SSSR count). The molecule has 6 N–H and O–H groups in total. The summed E-state index contributed by atoms with van der Waals surface area (Å²) in [6, 6.07) is -14.2. The van der Waals surface area contributed by atoms with Crippen molar-refractivity contribution in [2.45, 2.75) is 222 Å². The van der Waals surface area contributed by atoms with Crippen molar-refractivity contribution in [3.05, 3.63) is 0 Å². The average molecular weight is 1280 g/mol. The van der Waals surface area contributed by atoms with Gasteiger partial charge in [-0.2, -0.15) is 0 Å². The summed E-state index contributed by atoms with van der Waals surface area (Å²) >= 11 is 0. The number of hydrogen-bond donors (Lipinski definition) is 6. The van der Waals surface area contributed by atoms with Crippen LogP contribution in [0.3, 0.4) is 0 Å². The van der Waals surface area contributed by atoms with Crippen LogP contribution in [0.4, 0.5) is 0 Å². The fraction of sp³-hybridized carbons (Fsp3) is 0.794. The second kappa shape index (κ2) is 35.0. The summed E-state index contributed by atoms with van der Waals surface area (Å²) in [7, 11) is 9.62. The first-order chi connectivity index (χ1) is 41.5. The van der Waals surface area contributed by atoms with E-state index in [0.717, 1.165) is 9.80 Å². The zero-order chi connectivity index (χ0) is 69.4. The number of carbonyl (C=O) groups is 12. The van der Waals surface area contributed by atoms with Gasteiger partial charge >= 0.3 is 5.97 Å². The van der Waals surface area contributed by atoms with Crippen molar-refractivity contribution in [2.75, 3.05) is 62.5 Å². The molecule has 0 bridgehead atoms. The second-order valence-electron chi connectivity index (χ2n) is 27.2. The van der Waals surface area contributed by atoms with E-state index in [2.05, 4.69) is 26.3 Å². The lowest BCUT2D eigenvalue weighted by molar-refractivity contribution is -0.157. The van der Waals surface area contributed by atoms with Gasteiger partial charge in [0.25, 0.3) is 0 Å². The maximum atomic E-state index is 15.3. The molecule has 0 aromatic carbocycles. The molecule has 27 heteroatoms. The number of carboxylic acids is 1. The van der Waals surface area contributed by atoms with Crippen LogP contribution in [0.25, 0.3) is 0 Å². The summed E-state index contributed by atoms with van der Waals surface area (Å²) < 4.78 is 5.54. The van der Waals surface area contributed by atoms with Gasteiger partial charge in [-0.3, -0.25) is 52.7 Å². The number of carboxylic acid groups (broad SMARTS) is 1. The lowest BCUT2D eigenvalue weighted by Gasteiger charge is -2.41. The molecule has 0 aromatic heterocycles. The summed E-state index contributed by atoms with van der Waals surface area (Å²) in [4.78, 5) is 185. The van der Waals surface area contributed by atoms with Crippen LogP contribution in [0, 0.1) is 41.4 Å². The highest BCUT2D eigenvalue weighted by atomic mass is 16.5. The van der Waals surface area contributed by atoms with Gasteiger partial charge in [-0.05, 0) is 87.4 Å². The zero-order valence-electron chi connectivity index (χ0n) is 57.9. The van der Waals surface area contributed by atoms with E-state index in [9.17, 15) is 53.4 Å². The van der Waals surface area contributed by atoms with Gasteiger partial charge in [-0.15, -0.1) is 0 Å². The number of aliphatic hydroxyl groups excluding tert-OH is 1. The van der Waals surface area contributed by atoms with E-state index >= 15 is 14.4 Å². The third-order valence-electron chi connectivity index (χ3n) is 16.8. The molecule has 13 atom stereocenters. The minimum absolute atomic E-state index is 0.0165. The molecule has 512 valence electrons. The fourth-order valence-corrected chi connectivity index (χ4v) is 11.2. The summed E-state index contributed by atoms with van der Waals surface area (Å²) in [5, 5.41) is 32.8. The molecule has 2 aliphatic heterocycles. The van der Waals surface area contributed by atoms with Crippen molar-refractivity contribution in [3.63, 3.8) is 0 Å². The zero-order valence-corrected chi connectivity index (χ0v) is 57.9. The number of aliphatic hydroxyl groups is 1. The summed E-state index contributed by atoms with van der Waals surface area (Å²) in [6.45, 7) is 26.6. The quantitative estimate of drug-likeness (QED) is 0.128. The Labute approximate surface area is 533 Å². The Balaban J connectivity index is 3.00. The van der Waals surface area contributed by atoms with Crippen molar-refractivity contribution in [2.24, 2.45) is 46.4 Å². The maximum Gasteiger partial charge on any atom is 0.332 e. The second-order valence-corrected chi connectivity index (χ2v) is 27.2. The predicted octanol–water partition coefficient (Wildman–Crippen LogP) is 1.57. The molecule has 2 heterocycles. The number of ether oxygens (including phenoxy) is 1. The number of nitrogens with one attached hydrogen (secondary N) is 4. The first-order valence-corrected chi connectivity index (χ1v) is 31.7. The van der Waals surface area contributed by atoms with Crippen LogP contribution in [0.15, 0.2) is 4.99 Å². The van der Waals surface area contributed by atoms with Crippen LogP contribution < -0.4 is 21.3 Å². The Morgan fingerprint density at radius 1 is 0.511 bits per heavy atom. The molecule has 0 radical (unpaired) electrons. The molecule has 2 aliphatic rings. The van der Waals surface area contributed by atoms with E-state index in [1.54, 1.807) is 34.6 Å². The maximum absolute atomic E-state index is 15.3. The number of carbonyl (C=O) groups excluding carboxylic acids is 11. The number of likely N-dealkylation sites (N-methyl/N-ethyl adjacent to an activating group) is 7. The third-order valence-corrected chi connectivity index (χ3v) is 16.8. The van der Waals surface area contributed by atoms with E-state index in [1.807, 2.05) is 55.4 Å². The average Bonchev–Trinajstić information content (AvgIpc) is 0.972. The van der Waals surface area contributed by atoms with Crippen LogP contribution in [-0.2, 0) is 62.3 Å². The van der Waals surface area contributed by atoms with Gasteiger partial charge < -0.3 is 70.5 Å². The molecule has 1 saturated heterocycles. The molecule has 1 unspecified atom stereocenters. The monoisotopic (exact) mass is 1270 g/mol.